The summed E-state index contributed by atoms with van der Waals surface area (Å²) in [5.74, 6) is -0.286. The van der Waals surface area contributed by atoms with E-state index in [0.29, 0.717) is 11.6 Å². The van der Waals surface area contributed by atoms with Gasteiger partial charge in [0.1, 0.15) is 17.2 Å². The maximum Gasteiger partial charge on any atom is 0.421 e. The van der Waals surface area contributed by atoms with Gasteiger partial charge in [0.15, 0.2) is 0 Å². The molecule has 0 radical (unpaired) electrons. The largest absolute Gasteiger partial charge is 0.421 e. The van der Waals surface area contributed by atoms with Crippen LogP contribution in [0, 0.1) is 5.82 Å². The van der Waals surface area contributed by atoms with Crippen molar-refractivity contribution in [2.24, 2.45) is 0 Å². The van der Waals surface area contributed by atoms with Gasteiger partial charge in [0.05, 0.1) is 0 Å². The second-order valence-corrected chi connectivity index (χ2v) is 7.31. The van der Waals surface area contributed by atoms with Gasteiger partial charge >= 0.3 is 6.18 Å². The summed E-state index contributed by atoms with van der Waals surface area (Å²) in [5, 5.41) is 5.55. The number of benzene rings is 2. The van der Waals surface area contributed by atoms with E-state index in [2.05, 4.69) is 20.6 Å². The van der Waals surface area contributed by atoms with Crippen LogP contribution in [0.15, 0.2) is 54.7 Å². The zero-order valence-corrected chi connectivity index (χ0v) is 16.0. The van der Waals surface area contributed by atoms with Crippen LogP contribution in [0.25, 0.3) is 0 Å². The Bertz CT molecular complexity index is 995. The molecule has 1 aliphatic rings. The van der Waals surface area contributed by atoms with E-state index in [1.54, 1.807) is 0 Å². The highest BCUT2D eigenvalue weighted by Gasteiger charge is 2.35. The van der Waals surface area contributed by atoms with E-state index in [4.69, 9.17) is 0 Å². The number of aromatic nitrogens is 2. The smallest absolute Gasteiger partial charge is 0.340 e. The van der Waals surface area contributed by atoms with Gasteiger partial charge in [0, 0.05) is 17.6 Å². The van der Waals surface area contributed by atoms with Crippen LogP contribution in [-0.2, 0) is 6.18 Å². The van der Waals surface area contributed by atoms with Crippen molar-refractivity contribution in [3.63, 3.8) is 0 Å². The molecule has 1 aromatic heterocycles. The molecule has 1 heterocycles. The Labute approximate surface area is 171 Å². The molecule has 0 unspecified atom stereocenters. The lowest BCUT2D eigenvalue weighted by Crippen LogP contribution is -2.12. The van der Waals surface area contributed by atoms with Crippen LogP contribution >= 0.6 is 0 Å². The SMILES string of the molecule is Fc1ccc(Nc2nc(Nc3ccc(C4CCCC4)cc3)ncc2C(F)(F)F)cc1. The van der Waals surface area contributed by atoms with Crippen molar-refractivity contribution in [2.75, 3.05) is 10.6 Å². The number of alkyl halides is 3. The Morgan fingerprint density at radius 2 is 1.43 bits per heavy atom. The van der Waals surface area contributed by atoms with Crippen LogP contribution in [0.2, 0.25) is 0 Å². The highest BCUT2D eigenvalue weighted by molar-refractivity contribution is 5.63. The second-order valence-electron chi connectivity index (χ2n) is 7.31. The fourth-order valence-corrected chi connectivity index (χ4v) is 3.64. The van der Waals surface area contributed by atoms with Gasteiger partial charge in [0.2, 0.25) is 5.95 Å². The van der Waals surface area contributed by atoms with E-state index in [1.165, 1.54) is 43.4 Å². The van der Waals surface area contributed by atoms with E-state index < -0.39 is 23.4 Å². The number of hydrogen-bond donors (Lipinski definition) is 2. The van der Waals surface area contributed by atoms with Crippen molar-refractivity contribution < 1.29 is 17.6 Å². The van der Waals surface area contributed by atoms with Crippen LogP contribution in [0.1, 0.15) is 42.7 Å². The number of halogens is 4. The van der Waals surface area contributed by atoms with Gasteiger partial charge in [0.25, 0.3) is 0 Å². The quantitative estimate of drug-likeness (QED) is 0.450. The molecule has 2 N–H and O–H groups in total. The molecule has 30 heavy (non-hydrogen) atoms. The summed E-state index contributed by atoms with van der Waals surface area (Å²) in [4.78, 5) is 7.82. The minimum absolute atomic E-state index is 0.0289. The van der Waals surface area contributed by atoms with Crippen molar-refractivity contribution in [3.05, 3.63) is 71.7 Å². The summed E-state index contributed by atoms with van der Waals surface area (Å²) in [6, 6.07) is 12.8. The molecule has 1 saturated carbocycles. The summed E-state index contributed by atoms with van der Waals surface area (Å²) < 4.78 is 53.2. The third kappa shape index (κ3) is 4.69. The number of anilines is 4. The topological polar surface area (TPSA) is 49.8 Å². The van der Waals surface area contributed by atoms with Crippen molar-refractivity contribution in [1.29, 1.82) is 0 Å². The van der Waals surface area contributed by atoms with Gasteiger partial charge < -0.3 is 10.6 Å². The lowest BCUT2D eigenvalue weighted by Gasteiger charge is -2.15. The predicted octanol–water partition coefficient (Wildman–Crippen LogP) is 6.78. The van der Waals surface area contributed by atoms with Crippen molar-refractivity contribution in [1.82, 2.24) is 9.97 Å². The molecule has 1 fully saturated rings. The monoisotopic (exact) mass is 416 g/mol. The Hall–Kier alpha value is -3.16. The standard InChI is InChI=1S/C22H20F4N4/c23-16-7-11-17(12-8-16)28-20-19(22(24,25)26)13-27-21(30-20)29-18-9-5-15(6-10-18)14-3-1-2-4-14/h5-14H,1-4H2,(H2,27,28,29,30). The number of rotatable bonds is 5. The van der Waals surface area contributed by atoms with E-state index in [1.807, 2.05) is 24.3 Å². The summed E-state index contributed by atoms with van der Waals surface area (Å²) in [5.41, 5.74) is 1.23. The summed E-state index contributed by atoms with van der Waals surface area (Å²) >= 11 is 0. The Balaban J connectivity index is 1.56. The molecular weight excluding hydrogens is 396 g/mol. The van der Waals surface area contributed by atoms with Gasteiger partial charge in [-0.1, -0.05) is 25.0 Å². The van der Waals surface area contributed by atoms with Gasteiger partial charge in [-0.05, 0) is 60.7 Å². The zero-order chi connectivity index (χ0) is 21.1. The zero-order valence-electron chi connectivity index (χ0n) is 16.0. The van der Waals surface area contributed by atoms with Gasteiger partial charge in [-0.25, -0.2) is 9.37 Å². The summed E-state index contributed by atoms with van der Waals surface area (Å²) in [6.45, 7) is 0. The first-order chi connectivity index (χ1) is 14.4. The first-order valence-corrected chi connectivity index (χ1v) is 9.72. The third-order valence-electron chi connectivity index (χ3n) is 5.19. The minimum Gasteiger partial charge on any atom is -0.340 e. The molecule has 156 valence electrons. The van der Waals surface area contributed by atoms with E-state index >= 15 is 0 Å². The predicted molar refractivity (Wildman–Crippen MR) is 108 cm³/mol. The second kappa shape index (κ2) is 8.30. The normalized spacial score (nSPS) is 14.7. The average Bonchev–Trinajstić information content (AvgIpc) is 3.24. The van der Waals surface area contributed by atoms with Crippen molar-refractivity contribution in [2.45, 2.75) is 37.8 Å². The maximum absolute atomic E-state index is 13.4. The van der Waals surface area contributed by atoms with Crippen LogP contribution in [0.4, 0.5) is 40.7 Å². The fourth-order valence-electron chi connectivity index (χ4n) is 3.64. The molecule has 0 atom stereocenters. The van der Waals surface area contributed by atoms with Crippen LogP contribution < -0.4 is 10.6 Å². The number of hydrogen-bond acceptors (Lipinski definition) is 4. The number of nitrogens with zero attached hydrogens (tertiary/aromatic N) is 2. The minimum atomic E-state index is -4.64. The van der Waals surface area contributed by atoms with E-state index in [9.17, 15) is 17.6 Å². The molecule has 4 nitrogen and oxygen atoms in total. The van der Waals surface area contributed by atoms with E-state index in [0.717, 1.165) is 18.3 Å². The van der Waals surface area contributed by atoms with Crippen molar-refractivity contribution in [3.8, 4) is 0 Å². The van der Waals surface area contributed by atoms with Gasteiger partial charge in [-0.2, -0.15) is 18.2 Å². The molecular formula is C22H20F4N4. The molecule has 0 amide bonds. The lowest BCUT2D eigenvalue weighted by molar-refractivity contribution is -0.137. The Morgan fingerprint density at radius 3 is 2.07 bits per heavy atom. The van der Waals surface area contributed by atoms with Crippen LogP contribution in [0.5, 0.6) is 0 Å². The van der Waals surface area contributed by atoms with Crippen molar-refractivity contribution >= 4 is 23.1 Å². The highest BCUT2D eigenvalue weighted by Crippen LogP contribution is 2.36. The highest BCUT2D eigenvalue weighted by atomic mass is 19.4. The average molecular weight is 416 g/mol. The molecule has 8 heteroatoms. The molecule has 2 aromatic carbocycles. The molecule has 4 rings (SSSR count). The Morgan fingerprint density at radius 1 is 0.833 bits per heavy atom. The van der Waals surface area contributed by atoms with Gasteiger partial charge in [-0.15, -0.1) is 0 Å². The van der Waals surface area contributed by atoms with Crippen LogP contribution in [0.3, 0.4) is 0 Å². The summed E-state index contributed by atoms with van der Waals surface area (Å²) in [6.07, 6.45) is 0.958. The molecule has 1 aliphatic carbocycles. The maximum atomic E-state index is 13.4. The molecule has 0 bridgehead atoms. The molecule has 3 aromatic rings. The lowest BCUT2D eigenvalue weighted by atomic mass is 9.98. The first-order valence-electron chi connectivity index (χ1n) is 9.72. The van der Waals surface area contributed by atoms with E-state index in [-0.39, 0.29) is 11.6 Å². The number of nitrogens with one attached hydrogen (secondary N) is 2. The molecule has 0 saturated heterocycles. The van der Waals surface area contributed by atoms with Crippen LogP contribution in [-0.4, -0.2) is 9.97 Å². The molecule has 0 aliphatic heterocycles. The van der Waals surface area contributed by atoms with Gasteiger partial charge in [-0.3, -0.25) is 0 Å². The third-order valence-corrected chi connectivity index (χ3v) is 5.19. The fraction of sp³-hybridized carbons (Fsp3) is 0.273. The Kier molecular flexibility index (Phi) is 5.57. The molecule has 0 spiro atoms. The summed E-state index contributed by atoms with van der Waals surface area (Å²) in [7, 11) is 0. The first kappa shape index (κ1) is 20.1.